The SMILES string of the molecule is Brc1cnc(CC2CCC(C#CCCN3CCCCC3)CC2)nc1. The minimum absolute atomic E-state index is 0.619. The van der Waals surface area contributed by atoms with E-state index in [9.17, 15) is 0 Å². The lowest BCUT2D eigenvalue weighted by Crippen LogP contribution is -2.30. The molecule has 1 aromatic heterocycles. The monoisotopic (exact) mass is 389 g/mol. The summed E-state index contributed by atoms with van der Waals surface area (Å²) in [4.78, 5) is 11.4. The van der Waals surface area contributed by atoms with E-state index in [-0.39, 0.29) is 0 Å². The molecular formula is C20H28BrN3. The zero-order valence-corrected chi connectivity index (χ0v) is 16.1. The van der Waals surface area contributed by atoms with Crippen LogP contribution in [0.15, 0.2) is 16.9 Å². The Labute approximate surface area is 154 Å². The van der Waals surface area contributed by atoms with E-state index >= 15 is 0 Å². The van der Waals surface area contributed by atoms with Crippen molar-refractivity contribution in [3.63, 3.8) is 0 Å². The normalized spacial score (nSPS) is 25.0. The fourth-order valence-corrected chi connectivity index (χ4v) is 4.03. The van der Waals surface area contributed by atoms with E-state index in [0.29, 0.717) is 5.92 Å². The van der Waals surface area contributed by atoms with E-state index in [2.05, 4.69) is 42.6 Å². The second-order valence-electron chi connectivity index (χ2n) is 7.21. The van der Waals surface area contributed by atoms with Gasteiger partial charge in [-0.05, 0) is 73.5 Å². The van der Waals surface area contributed by atoms with Gasteiger partial charge in [0, 0.05) is 37.7 Å². The topological polar surface area (TPSA) is 29.0 Å². The Bertz CT molecular complexity index is 546. The standard InChI is InChI=1S/C20H28BrN3/c21-19-15-22-20(23-16-19)14-18-9-7-17(8-10-18)6-2-5-13-24-11-3-1-4-12-24/h15-18H,1,3-5,7-14H2. The molecule has 1 saturated carbocycles. The zero-order chi connectivity index (χ0) is 16.6. The fraction of sp³-hybridized carbons (Fsp3) is 0.700. The predicted molar refractivity (Wildman–Crippen MR) is 102 cm³/mol. The number of rotatable bonds is 4. The van der Waals surface area contributed by atoms with Crippen LogP contribution in [0.3, 0.4) is 0 Å². The molecule has 130 valence electrons. The van der Waals surface area contributed by atoms with Crippen molar-refractivity contribution in [2.75, 3.05) is 19.6 Å². The molecule has 3 nitrogen and oxygen atoms in total. The van der Waals surface area contributed by atoms with Crippen molar-refractivity contribution in [2.45, 2.75) is 57.8 Å². The van der Waals surface area contributed by atoms with Gasteiger partial charge in [-0.2, -0.15) is 0 Å². The first kappa shape index (κ1) is 17.9. The Hall–Kier alpha value is -0.920. The third-order valence-electron chi connectivity index (χ3n) is 5.30. The van der Waals surface area contributed by atoms with Gasteiger partial charge in [0.15, 0.2) is 0 Å². The van der Waals surface area contributed by atoms with Crippen LogP contribution < -0.4 is 0 Å². The number of aromatic nitrogens is 2. The van der Waals surface area contributed by atoms with Crippen molar-refractivity contribution in [1.82, 2.24) is 14.9 Å². The smallest absolute Gasteiger partial charge is 0.128 e. The molecule has 3 rings (SSSR count). The second-order valence-corrected chi connectivity index (χ2v) is 8.13. The second kappa shape index (κ2) is 9.53. The highest BCUT2D eigenvalue weighted by Crippen LogP contribution is 2.30. The molecule has 0 unspecified atom stereocenters. The Kier molecular flexibility index (Phi) is 7.11. The lowest BCUT2D eigenvalue weighted by molar-refractivity contribution is 0.234. The summed E-state index contributed by atoms with van der Waals surface area (Å²) in [5.41, 5.74) is 0. The molecule has 1 aliphatic carbocycles. The van der Waals surface area contributed by atoms with Gasteiger partial charge >= 0.3 is 0 Å². The van der Waals surface area contributed by atoms with E-state index < -0.39 is 0 Å². The maximum Gasteiger partial charge on any atom is 0.128 e. The molecule has 1 saturated heterocycles. The first-order valence-corrected chi connectivity index (χ1v) is 10.3. The summed E-state index contributed by atoms with van der Waals surface area (Å²) in [6.07, 6.45) is 15.0. The molecule has 0 radical (unpaired) electrons. The lowest BCUT2D eigenvalue weighted by Gasteiger charge is -2.26. The van der Waals surface area contributed by atoms with Crippen molar-refractivity contribution in [2.24, 2.45) is 11.8 Å². The van der Waals surface area contributed by atoms with Crippen molar-refractivity contribution in [3.05, 3.63) is 22.7 Å². The van der Waals surface area contributed by atoms with Gasteiger partial charge in [-0.15, -0.1) is 5.92 Å². The molecule has 4 heteroatoms. The molecule has 24 heavy (non-hydrogen) atoms. The molecule has 2 aliphatic rings. The molecule has 0 aromatic carbocycles. The first-order valence-electron chi connectivity index (χ1n) is 9.47. The molecule has 0 atom stereocenters. The minimum Gasteiger partial charge on any atom is -0.302 e. The molecule has 2 heterocycles. The summed E-state index contributed by atoms with van der Waals surface area (Å²) < 4.78 is 0.954. The molecule has 0 spiro atoms. The number of hydrogen-bond donors (Lipinski definition) is 0. The van der Waals surface area contributed by atoms with Crippen molar-refractivity contribution in [3.8, 4) is 11.8 Å². The largest absolute Gasteiger partial charge is 0.302 e. The van der Waals surface area contributed by atoms with Crippen LogP contribution in [0, 0.1) is 23.7 Å². The van der Waals surface area contributed by atoms with E-state index in [0.717, 1.165) is 29.1 Å². The van der Waals surface area contributed by atoms with Crippen LogP contribution in [0.2, 0.25) is 0 Å². The third-order valence-corrected chi connectivity index (χ3v) is 5.71. The highest BCUT2D eigenvalue weighted by molar-refractivity contribution is 9.10. The number of hydrogen-bond acceptors (Lipinski definition) is 3. The maximum atomic E-state index is 4.41. The number of piperidine rings is 1. The average Bonchev–Trinajstić information content (AvgIpc) is 2.63. The van der Waals surface area contributed by atoms with Crippen LogP contribution in [0.1, 0.15) is 57.2 Å². The molecular weight excluding hydrogens is 362 g/mol. The Morgan fingerprint density at radius 3 is 2.46 bits per heavy atom. The summed E-state index contributed by atoms with van der Waals surface area (Å²) in [7, 11) is 0. The van der Waals surface area contributed by atoms with Gasteiger partial charge < -0.3 is 4.90 Å². The summed E-state index contributed by atoms with van der Waals surface area (Å²) in [5, 5.41) is 0. The van der Waals surface area contributed by atoms with E-state index in [1.807, 2.05) is 12.4 Å². The van der Waals surface area contributed by atoms with E-state index in [1.165, 1.54) is 64.6 Å². The van der Waals surface area contributed by atoms with Crippen LogP contribution in [0.4, 0.5) is 0 Å². The maximum absolute atomic E-state index is 4.41. The van der Waals surface area contributed by atoms with Gasteiger partial charge in [-0.1, -0.05) is 12.3 Å². The van der Waals surface area contributed by atoms with Gasteiger partial charge in [0.1, 0.15) is 5.82 Å². The van der Waals surface area contributed by atoms with Gasteiger partial charge in [0.25, 0.3) is 0 Å². The van der Waals surface area contributed by atoms with Crippen LogP contribution in [0.25, 0.3) is 0 Å². The minimum atomic E-state index is 0.619. The Morgan fingerprint density at radius 1 is 1.04 bits per heavy atom. The molecule has 1 aromatic rings. The van der Waals surface area contributed by atoms with Crippen molar-refractivity contribution in [1.29, 1.82) is 0 Å². The Morgan fingerprint density at radius 2 is 1.75 bits per heavy atom. The van der Waals surface area contributed by atoms with E-state index in [1.54, 1.807) is 0 Å². The van der Waals surface area contributed by atoms with Crippen LogP contribution in [0.5, 0.6) is 0 Å². The van der Waals surface area contributed by atoms with Crippen LogP contribution in [-0.2, 0) is 6.42 Å². The molecule has 1 aliphatic heterocycles. The molecule has 0 amide bonds. The molecule has 0 N–H and O–H groups in total. The number of nitrogens with zero attached hydrogens (tertiary/aromatic N) is 3. The molecule has 2 fully saturated rings. The Balaban J connectivity index is 1.34. The van der Waals surface area contributed by atoms with Crippen molar-refractivity contribution >= 4 is 15.9 Å². The highest BCUT2D eigenvalue weighted by atomic mass is 79.9. The predicted octanol–water partition coefficient (Wildman–Crippen LogP) is 4.47. The van der Waals surface area contributed by atoms with Gasteiger partial charge in [0.05, 0.1) is 4.47 Å². The summed E-state index contributed by atoms with van der Waals surface area (Å²) >= 11 is 3.39. The number of likely N-dealkylation sites (tertiary alicyclic amines) is 1. The van der Waals surface area contributed by atoms with E-state index in [4.69, 9.17) is 0 Å². The van der Waals surface area contributed by atoms with Gasteiger partial charge in [-0.25, -0.2) is 9.97 Å². The summed E-state index contributed by atoms with van der Waals surface area (Å²) in [5.74, 6) is 9.32. The third kappa shape index (κ3) is 5.86. The van der Waals surface area contributed by atoms with Crippen LogP contribution in [-0.4, -0.2) is 34.5 Å². The summed E-state index contributed by atoms with van der Waals surface area (Å²) in [6, 6.07) is 0. The lowest BCUT2D eigenvalue weighted by atomic mass is 9.80. The first-order chi connectivity index (χ1) is 11.8. The quantitative estimate of drug-likeness (QED) is 0.711. The highest BCUT2D eigenvalue weighted by Gasteiger charge is 2.20. The molecule has 0 bridgehead atoms. The van der Waals surface area contributed by atoms with Crippen molar-refractivity contribution < 1.29 is 0 Å². The van der Waals surface area contributed by atoms with Gasteiger partial charge in [-0.3, -0.25) is 0 Å². The van der Waals surface area contributed by atoms with Crippen LogP contribution >= 0.6 is 15.9 Å². The summed E-state index contributed by atoms with van der Waals surface area (Å²) in [6.45, 7) is 3.74. The average molecular weight is 390 g/mol. The number of halogens is 1. The fourth-order valence-electron chi connectivity index (χ4n) is 3.83. The van der Waals surface area contributed by atoms with Gasteiger partial charge in [0.2, 0.25) is 0 Å². The zero-order valence-electron chi connectivity index (χ0n) is 14.5.